The van der Waals surface area contributed by atoms with Crippen LogP contribution in [0.3, 0.4) is 0 Å². The zero-order valence-electron chi connectivity index (χ0n) is 13.6. The van der Waals surface area contributed by atoms with Gasteiger partial charge in [-0.1, -0.05) is 30.3 Å². The summed E-state index contributed by atoms with van der Waals surface area (Å²) in [5, 5.41) is 2.69. The third-order valence-corrected chi connectivity index (χ3v) is 3.68. The summed E-state index contributed by atoms with van der Waals surface area (Å²) in [4.78, 5) is 24.1. The molecule has 0 aliphatic rings. The van der Waals surface area contributed by atoms with E-state index in [0.29, 0.717) is 11.3 Å². The first-order valence-corrected chi connectivity index (χ1v) is 7.84. The quantitative estimate of drug-likeness (QED) is 0.699. The monoisotopic (exact) mass is 335 g/mol. The highest BCUT2D eigenvalue weighted by Crippen LogP contribution is 2.19. The highest BCUT2D eigenvalue weighted by atomic mass is 16.5. The van der Waals surface area contributed by atoms with Crippen LogP contribution in [-0.4, -0.2) is 11.9 Å². The van der Waals surface area contributed by atoms with Gasteiger partial charge in [0.25, 0.3) is 5.91 Å². The number of amides is 1. The summed E-state index contributed by atoms with van der Waals surface area (Å²) in [6.45, 7) is 1.82. The summed E-state index contributed by atoms with van der Waals surface area (Å²) in [7, 11) is 0. The van der Waals surface area contributed by atoms with E-state index in [2.05, 4.69) is 5.32 Å². The van der Waals surface area contributed by atoms with Crippen LogP contribution in [0.5, 0.6) is 0 Å². The Labute approximate surface area is 145 Å². The van der Waals surface area contributed by atoms with Gasteiger partial charge in [-0.25, -0.2) is 4.79 Å². The minimum Gasteiger partial charge on any atom is -0.459 e. The fraction of sp³-hybridized carbons (Fsp3) is 0.100. The van der Waals surface area contributed by atoms with Crippen LogP contribution < -0.4 is 5.32 Å². The third kappa shape index (κ3) is 4.14. The molecule has 2 aromatic carbocycles. The van der Waals surface area contributed by atoms with E-state index in [9.17, 15) is 9.59 Å². The van der Waals surface area contributed by atoms with Crippen LogP contribution in [0.4, 0.5) is 5.69 Å². The second kappa shape index (κ2) is 7.49. The van der Waals surface area contributed by atoms with Crippen molar-refractivity contribution in [2.45, 2.75) is 13.0 Å². The first kappa shape index (κ1) is 16.5. The smallest absolute Gasteiger partial charge is 0.338 e. The highest BCUT2D eigenvalue weighted by Gasteiger charge is 2.14. The van der Waals surface area contributed by atoms with Crippen molar-refractivity contribution >= 4 is 17.6 Å². The van der Waals surface area contributed by atoms with Gasteiger partial charge >= 0.3 is 5.97 Å². The molecule has 0 saturated heterocycles. The molecule has 0 unspecified atom stereocenters. The molecule has 3 rings (SSSR count). The maximum atomic E-state index is 12.2. The average molecular weight is 335 g/mol. The third-order valence-electron chi connectivity index (χ3n) is 3.68. The SMILES string of the molecule is C[C@@H](OC(=O)c1ccc(NC(=O)c2ccco2)cc1)c1ccccc1. The first-order valence-electron chi connectivity index (χ1n) is 7.84. The molecule has 0 spiro atoms. The van der Waals surface area contributed by atoms with Gasteiger partial charge in [0.2, 0.25) is 0 Å². The summed E-state index contributed by atoms with van der Waals surface area (Å²) in [5.74, 6) is -0.543. The largest absolute Gasteiger partial charge is 0.459 e. The Bertz CT molecular complexity index is 839. The fourth-order valence-electron chi connectivity index (χ4n) is 2.31. The summed E-state index contributed by atoms with van der Waals surface area (Å²) in [6.07, 6.45) is 1.09. The topological polar surface area (TPSA) is 68.5 Å². The molecule has 0 saturated carbocycles. The van der Waals surface area contributed by atoms with Crippen LogP contribution in [0.2, 0.25) is 0 Å². The number of rotatable bonds is 5. The molecule has 0 radical (unpaired) electrons. The number of benzene rings is 2. The van der Waals surface area contributed by atoms with Crippen molar-refractivity contribution < 1.29 is 18.7 Å². The Morgan fingerprint density at radius 2 is 1.68 bits per heavy atom. The van der Waals surface area contributed by atoms with Crippen LogP contribution in [0.25, 0.3) is 0 Å². The van der Waals surface area contributed by atoms with Crippen molar-refractivity contribution in [1.29, 1.82) is 0 Å². The van der Waals surface area contributed by atoms with Crippen molar-refractivity contribution in [1.82, 2.24) is 0 Å². The molecular formula is C20H17NO4. The molecule has 0 aliphatic carbocycles. The Morgan fingerprint density at radius 3 is 2.32 bits per heavy atom. The maximum absolute atomic E-state index is 12.2. The van der Waals surface area contributed by atoms with Gasteiger partial charge < -0.3 is 14.5 Å². The fourth-order valence-corrected chi connectivity index (χ4v) is 2.31. The molecule has 25 heavy (non-hydrogen) atoms. The predicted molar refractivity (Wildman–Crippen MR) is 93.4 cm³/mol. The number of furan rings is 1. The second-order valence-corrected chi connectivity index (χ2v) is 5.47. The summed E-state index contributed by atoms with van der Waals surface area (Å²) in [6, 6.07) is 19.2. The summed E-state index contributed by atoms with van der Waals surface area (Å²) in [5.41, 5.74) is 1.91. The highest BCUT2D eigenvalue weighted by molar-refractivity contribution is 6.02. The number of nitrogens with one attached hydrogen (secondary N) is 1. The molecule has 1 amide bonds. The molecule has 1 atom stereocenters. The van der Waals surface area contributed by atoms with E-state index in [1.165, 1.54) is 6.26 Å². The summed E-state index contributed by atoms with van der Waals surface area (Å²) >= 11 is 0. The van der Waals surface area contributed by atoms with Crippen LogP contribution in [0.1, 0.15) is 39.5 Å². The zero-order chi connectivity index (χ0) is 17.6. The molecule has 1 heterocycles. The first-order chi connectivity index (χ1) is 12.1. The van der Waals surface area contributed by atoms with Gasteiger partial charge in [0.15, 0.2) is 5.76 Å². The number of ether oxygens (including phenoxy) is 1. The lowest BCUT2D eigenvalue weighted by molar-refractivity contribution is 0.0338. The zero-order valence-corrected chi connectivity index (χ0v) is 13.6. The Kier molecular flexibility index (Phi) is 4.95. The van der Waals surface area contributed by atoms with E-state index in [-0.39, 0.29) is 17.8 Å². The average Bonchev–Trinajstić information content (AvgIpc) is 3.18. The second-order valence-electron chi connectivity index (χ2n) is 5.47. The molecule has 126 valence electrons. The van der Waals surface area contributed by atoms with Gasteiger partial charge in [-0.15, -0.1) is 0 Å². The number of hydrogen-bond acceptors (Lipinski definition) is 4. The van der Waals surface area contributed by atoms with Crippen molar-refractivity contribution in [3.05, 3.63) is 89.9 Å². The van der Waals surface area contributed by atoms with Gasteiger partial charge in [-0.05, 0) is 48.9 Å². The van der Waals surface area contributed by atoms with E-state index in [1.807, 2.05) is 37.3 Å². The molecule has 5 heteroatoms. The van der Waals surface area contributed by atoms with E-state index < -0.39 is 5.97 Å². The molecule has 0 aliphatic heterocycles. The van der Waals surface area contributed by atoms with E-state index in [1.54, 1.807) is 36.4 Å². The van der Waals surface area contributed by atoms with Crippen LogP contribution in [0, 0.1) is 0 Å². The number of carbonyl (C=O) groups is 2. The number of carbonyl (C=O) groups excluding carboxylic acids is 2. The number of esters is 1. The van der Waals surface area contributed by atoms with Crippen LogP contribution >= 0.6 is 0 Å². The lowest BCUT2D eigenvalue weighted by atomic mass is 10.1. The van der Waals surface area contributed by atoms with E-state index >= 15 is 0 Å². The minimum absolute atomic E-state index is 0.222. The minimum atomic E-state index is -0.416. The Hall–Kier alpha value is -3.34. The van der Waals surface area contributed by atoms with Gasteiger partial charge in [0.05, 0.1) is 11.8 Å². The van der Waals surface area contributed by atoms with Crippen LogP contribution in [0.15, 0.2) is 77.4 Å². The van der Waals surface area contributed by atoms with E-state index in [4.69, 9.17) is 9.15 Å². The maximum Gasteiger partial charge on any atom is 0.338 e. The number of hydrogen-bond donors (Lipinski definition) is 1. The lowest BCUT2D eigenvalue weighted by Crippen LogP contribution is -2.12. The standard InChI is InChI=1S/C20H17NO4/c1-14(15-6-3-2-4-7-15)25-20(23)16-9-11-17(12-10-16)21-19(22)18-8-5-13-24-18/h2-14H,1H3,(H,21,22)/t14-/m1/s1. The predicted octanol–water partition coefficient (Wildman–Crippen LogP) is 4.45. The molecule has 1 aromatic heterocycles. The molecule has 0 fully saturated rings. The lowest BCUT2D eigenvalue weighted by Gasteiger charge is -2.13. The van der Waals surface area contributed by atoms with Gasteiger partial charge in [-0.2, -0.15) is 0 Å². The Balaban J connectivity index is 1.61. The van der Waals surface area contributed by atoms with Crippen molar-refractivity contribution in [2.75, 3.05) is 5.32 Å². The number of anilines is 1. The molecule has 0 bridgehead atoms. The molecule has 1 N–H and O–H groups in total. The molecule has 3 aromatic rings. The van der Waals surface area contributed by atoms with Crippen molar-refractivity contribution in [3.63, 3.8) is 0 Å². The van der Waals surface area contributed by atoms with Crippen LogP contribution in [-0.2, 0) is 4.74 Å². The molecule has 5 nitrogen and oxygen atoms in total. The van der Waals surface area contributed by atoms with E-state index in [0.717, 1.165) is 5.56 Å². The molecular weight excluding hydrogens is 318 g/mol. The van der Waals surface area contributed by atoms with Crippen molar-refractivity contribution in [2.24, 2.45) is 0 Å². The van der Waals surface area contributed by atoms with Gasteiger partial charge in [0.1, 0.15) is 6.10 Å². The van der Waals surface area contributed by atoms with Gasteiger partial charge in [0, 0.05) is 5.69 Å². The Morgan fingerprint density at radius 1 is 0.960 bits per heavy atom. The van der Waals surface area contributed by atoms with Crippen molar-refractivity contribution in [3.8, 4) is 0 Å². The normalized spacial score (nSPS) is 11.6. The van der Waals surface area contributed by atoms with Gasteiger partial charge in [-0.3, -0.25) is 4.79 Å². The summed E-state index contributed by atoms with van der Waals surface area (Å²) < 4.78 is 10.5.